The van der Waals surface area contributed by atoms with Crippen LogP contribution in [0.3, 0.4) is 0 Å². The molecule has 0 bridgehead atoms. The molecule has 1 aliphatic carbocycles. The lowest BCUT2D eigenvalue weighted by molar-refractivity contribution is -0.115. The van der Waals surface area contributed by atoms with Crippen molar-refractivity contribution in [1.82, 2.24) is 15.6 Å². The number of anilines is 1. The van der Waals surface area contributed by atoms with Crippen molar-refractivity contribution in [2.24, 2.45) is 4.99 Å². The van der Waals surface area contributed by atoms with E-state index in [1.165, 1.54) is 0 Å². The SMILES string of the molecule is CN=C(NCC(=O)Nc1cccnc1)NC1CC=CC1. The first-order chi connectivity index (χ1) is 9.78. The Balaban J connectivity index is 1.74. The van der Waals surface area contributed by atoms with Gasteiger partial charge in [0.25, 0.3) is 0 Å². The van der Waals surface area contributed by atoms with Gasteiger partial charge >= 0.3 is 0 Å². The second-order valence-electron chi connectivity index (χ2n) is 4.50. The molecule has 0 radical (unpaired) electrons. The van der Waals surface area contributed by atoms with Gasteiger partial charge in [0.15, 0.2) is 5.96 Å². The van der Waals surface area contributed by atoms with Crippen molar-refractivity contribution in [3.63, 3.8) is 0 Å². The topological polar surface area (TPSA) is 78.4 Å². The number of carbonyl (C=O) groups is 1. The number of nitrogens with one attached hydrogen (secondary N) is 3. The molecule has 0 unspecified atom stereocenters. The summed E-state index contributed by atoms with van der Waals surface area (Å²) in [4.78, 5) is 19.8. The second kappa shape index (κ2) is 7.28. The van der Waals surface area contributed by atoms with E-state index in [4.69, 9.17) is 0 Å². The summed E-state index contributed by atoms with van der Waals surface area (Å²) in [6.45, 7) is 0.161. The van der Waals surface area contributed by atoms with Crippen LogP contribution in [0.1, 0.15) is 12.8 Å². The summed E-state index contributed by atoms with van der Waals surface area (Å²) < 4.78 is 0. The van der Waals surface area contributed by atoms with Crippen molar-refractivity contribution in [2.45, 2.75) is 18.9 Å². The number of guanidine groups is 1. The first-order valence-corrected chi connectivity index (χ1v) is 6.60. The average molecular weight is 273 g/mol. The lowest BCUT2D eigenvalue weighted by atomic mass is 10.2. The number of rotatable bonds is 4. The molecule has 0 saturated carbocycles. The van der Waals surface area contributed by atoms with E-state index in [2.05, 4.69) is 38.1 Å². The number of carbonyl (C=O) groups excluding carboxylic acids is 1. The highest BCUT2D eigenvalue weighted by atomic mass is 16.1. The zero-order chi connectivity index (χ0) is 14.2. The third-order valence-electron chi connectivity index (χ3n) is 2.93. The van der Waals surface area contributed by atoms with E-state index in [0.717, 1.165) is 12.8 Å². The molecule has 20 heavy (non-hydrogen) atoms. The average Bonchev–Trinajstić information content (AvgIpc) is 2.97. The van der Waals surface area contributed by atoms with E-state index < -0.39 is 0 Å². The van der Waals surface area contributed by atoms with Crippen molar-refractivity contribution in [1.29, 1.82) is 0 Å². The number of amides is 1. The molecule has 3 N–H and O–H groups in total. The Labute approximate surface area is 118 Å². The van der Waals surface area contributed by atoms with Crippen molar-refractivity contribution in [3.05, 3.63) is 36.7 Å². The van der Waals surface area contributed by atoms with Crippen LogP contribution >= 0.6 is 0 Å². The van der Waals surface area contributed by atoms with E-state index >= 15 is 0 Å². The Morgan fingerprint density at radius 3 is 2.90 bits per heavy atom. The molecule has 2 rings (SSSR count). The summed E-state index contributed by atoms with van der Waals surface area (Å²) in [5.74, 6) is 0.505. The van der Waals surface area contributed by atoms with E-state index in [1.54, 1.807) is 31.6 Å². The van der Waals surface area contributed by atoms with Gasteiger partial charge in [0.05, 0.1) is 18.4 Å². The first kappa shape index (κ1) is 14.0. The van der Waals surface area contributed by atoms with Gasteiger partial charge in [0.2, 0.25) is 5.91 Å². The zero-order valence-corrected chi connectivity index (χ0v) is 11.5. The van der Waals surface area contributed by atoms with Gasteiger partial charge in [-0.25, -0.2) is 0 Å². The highest BCUT2D eigenvalue weighted by Crippen LogP contribution is 2.08. The molecule has 0 fully saturated rings. The van der Waals surface area contributed by atoms with Crippen molar-refractivity contribution in [2.75, 3.05) is 18.9 Å². The summed E-state index contributed by atoms with van der Waals surface area (Å²) in [7, 11) is 1.69. The van der Waals surface area contributed by atoms with Crippen LogP contribution in [0.25, 0.3) is 0 Å². The van der Waals surface area contributed by atoms with Gasteiger partial charge in [-0.15, -0.1) is 0 Å². The van der Waals surface area contributed by atoms with Gasteiger partial charge in [-0.3, -0.25) is 14.8 Å². The molecule has 0 aliphatic heterocycles. The highest BCUT2D eigenvalue weighted by molar-refractivity contribution is 5.94. The van der Waals surface area contributed by atoms with E-state index in [0.29, 0.717) is 17.7 Å². The van der Waals surface area contributed by atoms with Gasteiger partial charge in [-0.2, -0.15) is 0 Å². The van der Waals surface area contributed by atoms with Crippen LogP contribution in [-0.2, 0) is 4.79 Å². The molecule has 1 amide bonds. The Kier molecular flexibility index (Phi) is 5.11. The van der Waals surface area contributed by atoms with Gasteiger partial charge < -0.3 is 16.0 Å². The van der Waals surface area contributed by atoms with Gasteiger partial charge in [-0.1, -0.05) is 12.2 Å². The summed E-state index contributed by atoms with van der Waals surface area (Å²) in [5.41, 5.74) is 0.683. The fraction of sp³-hybridized carbons (Fsp3) is 0.357. The Morgan fingerprint density at radius 2 is 2.25 bits per heavy atom. The third kappa shape index (κ3) is 4.38. The minimum atomic E-state index is -0.134. The molecule has 0 atom stereocenters. The number of aliphatic imine (C=N–C) groups is 1. The Morgan fingerprint density at radius 1 is 1.45 bits per heavy atom. The first-order valence-electron chi connectivity index (χ1n) is 6.60. The van der Waals surface area contributed by atoms with Crippen molar-refractivity contribution < 1.29 is 4.79 Å². The molecule has 1 aliphatic rings. The summed E-state index contributed by atoms with van der Waals surface area (Å²) in [6, 6.07) is 3.93. The molecular formula is C14H19N5O. The lowest BCUT2D eigenvalue weighted by Gasteiger charge is -2.16. The monoisotopic (exact) mass is 273 g/mol. The molecule has 6 nitrogen and oxygen atoms in total. The molecule has 1 heterocycles. The number of aromatic nitrogens is 1. The van der Waals surface area contributed by atoms with Crippen LogP contribution in [-0.4, -0.2) is 36.5 Å². The Bertz CT molecular complexity index is 490. The maximum absolute atomic E-state index is 11.8. The maximum atomic E-state index is 11.8. The van der Waals surface area contributed by atoms with Gasteiger partial charge in [0, 0.05) is 19.3 Å². The third-order valence-corrected chi connectivity index (χ3v) is 2.93. The van der Waals surface area contributed by atoms with E-state index in [-0.39, 0.29) is 12.5 Å². The maximum Gasteiger partial charge on any atom is 0.243 e. The van der Waals surface area contributed by atoms with Crippen LogP contribution in [0.15, 0.2) is 41.7 Å². The predicted octanol–water partition coefficient (Wildman–Crippen LogP) is 0.904. The zero-order valence-electron chi connectivity index (χ0n) is 11.5. The molecule has 0 aromatic carbocycles. The molecule has 6 heteroatoms. The van der Waals surface area contributed by atoms with E-state index in [1.807, 2.05) is 0 Å². The van der Waals surface area contributed by atoms with Crippen LogP contribution in [0.2, 0.25) is 0 Å². The molecule has 0 spiro atoms. The smallest absolute Gasteiger partial charge is 0.243 e. The molecule has 0 saturated heterocycles. The van der Waals surface area contributed by atoms with Crippen molar-refractivity contribution in [3.8, 4) is 0 Å². The molecule has 1 aromatic rings. The van der Waals surface area contributed by atoms with Crippen LogP contribution in [0, 0.1) is 0 Å². The number of hydrogen-bond acceptors (Lipinski definition) is 3. The summed E-state index contributed by atoms with van der Waals surface area (Å²) in [5, 5.41) is 9.02. The van der Waals surface area contributed by atoms with Crippen LogP contribution < -0.4 is 16.0 Å². The summed E-state index contributed by atoms with van der Waals surface area (Å²) >= 11 is 0. The lowest BCUT2D eigenvalue weighted by Crippen LogP contribution is -2.45. The van der Waals surface area contributed by atoms with Crippen LogP contribution in [0.5, 0.6) is 0 Å². The fourth-order valence-corrected chi connectivity index (χ4v) is 1.93. The van der Waals surface area contributed by atoms with Gasteiger partial charge in [-0.05, 0) is 25.0 Å². The standard InChI is InChI=1S/C14H19N5O/c1-15-14(19-11-5-2-3-6-11)17-10-13(20)18-12-7-4-8-16-9-12/h2-4,7-9,11H,5-6,10H2,1H3,(H,18,20)(H2,15,17,19). The summed E-state index contributed by atoms with van der Waals surface area (Å²) in [6.07, 6.45) is 9.52. The molecular weight excluding hydrogens is 254 g/mol. The van der Waals surface area contributed by atoms with Crippen LogP contribution in [0.4, 0.5) is 5.69 Å². The predicted molar refractivity (Wildman–Crippen MR) is 79.5 cm³/mol. The van der Waals surface area contributed by atoms with Crippen molar-refractivity contribution >= 4 is 17.6 Å². The molecule has 106 valence electrons. The quantitative estimate of drug-likeness (QED) is 0.433. The minimum Gasteiger partial charge on any atom is -0.353 e. The molecule has 1 aromatic heterocycles. The Hall–Kier alpha value is -2.37. The normalized spacial score (nSPS) is 15.2. The minimum absolute atomic E-state index is 0.134. The second-order valence-corrected chi connectivity index (χ2v) is 4.50. The fourth-order valence-electron chi connectivity index (χ4n) is 1.93. The number of hydrogen-bond donors (Lipinski definition) is 3. The number of nitrogens with zero attached hydrogens (tertiary/aromatic N) is 2. The van der Waals surface area contributed by atoms with Gasteiger partial charge in [0.1, 0.15) is 0 Å². The number of pyridine rings is 1. The van der Waals surface area contributed by atoms with E-state index in [9.17, 15) is 4.79 Å². The largest absolute Gasteiger partial charge is 0.353 e. The highest BCUT2D eigenvalue weighted by Gasteiger charge is 2.12.